The Morgan fingerprint density at radius 3 is 2.42 bits per heavy atom. The van der Waals surface area contributed by atoms with E-state index in [0.717, 1.165) is 28.8 Å². The van der Waals surface area contributed by atoms with E-state index in [1.54, 1.807) is 6.07 Å². The average molecular weight is 366 g/mol. The van der Waals surface area contributed by atoms with E-state index in [-0.39, 0.29) is 12.5 Å². The highest BCUT2D eigenvalue weighted by Crippen LogP contribution is 2.30. The lowest BCUT2D eigenvalue weighted by molar-refractivity contribution is -0.118. The van der Waals surface area contributed by atoms with Gasteiger partial charge >= 0.3 is 0 Å². The number of benzene rings is 3. The molecule has 0 bridgehead atoms. The van der Waals surface area contributed by atoms with Crippen molar-refractivity contribution >= 4 is 23.2 Å². The molecule has 0 heterocycles. The fraction of sp³-hybridized carbons (Fsp3) is 0.136. The molecule has 0 unspecified atom stereocenters. The molecule has 3 rings (SSSR count). The highest BCUT2D eigenvalue weighted by Gasteiger charge is 2.09. The molecule has 1 N–H and O–H groups in total. The molecule has 0 atom stereocenters. The van der Waals surface area contributed by atoms with Gasteiger partial charge in [-0.1, -0.05) is 73.1 Å². The third kappa shape index (κ3) is 4.44. The number of hydrogen-bond donors (Lipinski definition) is 1. The maximum atomic E-state index is 12.2. The molecule has 0 fully saturated rings. The van der Waals surface area contributed by atoms with E-state index in [2.05, 4.69) is 12.2 Å². The predicted molar refractivity (Wildman–Crippen MR) is 107 cm³/mol. The zero-order chi connectivity index (χ0) is 18.4. The van der Waals surface area contributed by atoms with E-state index in [0.29, 0.717) is 10.8 Å². The van der Waals surface area contributed by atoms with E-state index in [4.69, 9.17) is 16.3 Å². The van der Waals surface area contributed by atoms with Gasteiger partial charge in [-0.15, -0.1) is 0 Å². The fourth-order valence-electron chi connectivity index (χ4n) is 2.71. The summed E-state index contributed by atoms with van der Waals surface area (Å²) in [6.07, 6.45) is 0.851. The molecule has 26 heavy (non-hydrogen) atoms. The molecule has 1 amide bonds. The van der Waals surface area contributed by atoms with Crippen LogP contribution in [0.3, 0.4) is 0 Å². The molecule has 132 valence electrons. The van der Waals surface area contributed by atoms with Crippen LogP contribution in [0.15, 0.2) is 72.8 Å². The molecule has 3 aromatic rings. The lowest BCUT2D eigenvalue weighted by Gasteiger charge is -2.12. The number of carbonyl (C=O) groups is 1. The van der Waals surface area contributed by atoms with Crippen molar-refractivity contribution in [2.24, 2.45) is 0 Å². The zero-order valence-corrected chi connectivity index (χ0v) is 15.3. The Hall–Kier alpha value is -2.78. The van der Waals surface area contributed by atoms with Gasteiger partial charge in [0.2, 0.25) is 0 Å². The third-order valence-electron chi connectivity index (χ3n) is 4.07. The number of nitrogens with one attached hydrogen (secondary N) is 1. The van der Waals surface area contributed by atoms with Crippen molar-refractivity contribution in [2.75, 3.05) is 11.9 Å². The molecule has 0 aliphatic heterocycles. The first-order valence-corrected chi connectivity index (χ1v) is 8.90. The lowest BCUT2D eigenvalue weighted by atomic mass is 10.1. The summed E-state index contributed by atoms with van der Waals surface area (Å²) in [4.78, 5) is 12.2. The van der Waals surface area contributed by atoms with Gasteiger partial charge < -0.3 is 10.1 Å². The molecule has 0 radical (unpaired) electrons. The van der Waals surface area contributed by atoms with Gasteiger partial charge in [-0.2, -0.15) is 0 Å². The van der Waals surface area contributed by atoms with Crippen molar-refractivity contribution in [3.63, 3.8) is 0 Å². The largest absolute Gasteiger partial charge is 0.482 e. The fourth-order valence-corrected chi connectivity index (χ4v) is 2.94. The van der Waals surface area contributed by atoms with Crippen LogP contribution in [-0.4, -0.2) is 12.5 Å². The molecular weight excluding hydrogens is 346 g/mol. The Morgan fingerprint density at radius 1 is 0.962 bits per heavy atom. The summed E-state index contributed by atoms with van der Waals surface area (Å²) in [7, 11) is 0. The summed E-state index contributed by atoms with van der Waals surface area (Å²) in [5.74, 6) is 0.277. The maximum absolute atomic E-state index is 12.2. The van der Waals surface area contributed by atoms with Crippen LogP contribution in [0.4, 0.5) is 5.69 Å². The molecule has 0 saturated heterocycles. The predicted octanol–water partition coefficient (Wildman–Crippen LogP) is 5.59. The topological polar surface area (TPSA) is 38.3 Å². The number of hydrogen-bond acceptors (Lipinski definition) is 2. The minimum Gasteiger partial charge on any atom is -0.482 e. The van der Waals surface area contributed by atoms with Crippen LogP contribution in [0.25, 0.3) is 11.1 Å². The van der Waals surface area contributed by atoms with Gasteiger partial charge in [0.25, 0.3) is 5.91 Å². The van der Waals surface area contributed by atoms with E-state index >= 15 is 0 Å². The number of rotatable bonds is 6. The highest BCUT2D eigenvalue weighted by molar-refractivity contribution is 6.32. The van der Waals surface area contributed by atoms with Crippen LogP contribution in [-0.2, 0) is 11.2 Å². The Balaban J connectivity index is 1.63. The van der Waals surface area contributed by atoms with E-state index in [1.807, 2.05) is 66.7 Å². The second-order valence-electron chi connectivity index (χ2n) is 5.86. The van der Waals surface area contributed by atoms with Gasteiger partial charge in [0.15, 0.2) is 6.61 Å². The van der Waals surface area contributed by atoms with Crippen LogP contribution < -0.4 is 10.1 Å². The SMILES string of the molecule is CCc1ccccc1NC(=O)COc1ccc(-c2ccccc2)cc1Cl. The number of ether oxygens (including phenoxy) is 1. The minimum atomic E-state index is -0.214. The molecule has 0 spiro atoms. The zero-order valence-electron chi connectivity index (χ0n) is 14.5. The molecular formula is C22H20ClNO2. The van der Waals surface area contributed by atoms with Crippen LogP contribution in [0, 0.1) is 0 Å². The number of aryl methyl sites for hydroxylation is 1. The van der Waals surface area contributed by atoms with Crippen LogP contribution in [0.1, 0.15) is 12.5 Å². The number of carbonyl (C=O) groups excluding carboxylic acids is 1. The summed E-state index contributed by atoms with van der Waals surface area (Å²) >= 11 is 6.31. The summed E-state index contributed by atoms with van der Waals surface area (Å²) in [6, 6.07) is 23.3. The molecule has 0 aromatic heterocycles. The normalized spacial score (nSPS) is 10.4. The smallest absolute Gasteiger partial charge is 0.262 e. The summed E-state index contributed by atoms with van der Waals surface area (Å²) < 4.78 is 5.59. The minimum absolute atomic E-state index is 0.0948. The monoisotopic (exact) mass is 365 g/mol. The third-order valence-corrected chi connectivity index (χ3v) is 4.37. The van der Waals surface area contributed by atoms with Crippen molar-refractivity contribution in [2.45, 2.75) is 13.3 Å². The first kappa shape index (κ1) is 18.0. The Kier molecular flexibility index (Phi) is 5.92. The van der Waals surface area contributed by atoms with Crippen molar-refractivity contribution in [1.82, 2.24) is 0 Å². The maximum Gasteiger partial charge on any atom is 0.262 e. The first-order valence-electron chi connectivity index (χ1n) is 8.53. The summed E-state index contributed by atoms with van der Waals surface area (Å²) in [5.41, 5.74) is 3.99. The Labute approximate surface area is 158 Å². The van der Waals surface area contributed by atoms with Gasteiger partial charge in [0.05, 0.1) is 5.02 Å². The number of halogens is 1. The molecule has 0 aliphatic rings. The molecule has 3 aromatic carbocycles. The molecule has 4 heteroatoms. The first-order chi connectivity index (χ1) is 12.7. The standard InChI is InChI=1S/C22H20ClNO2/c1-2-16-8-6-7-11-20(16)24-22(25)15-26-21-13-12-18(14-19(21)23)17-9-4-3-5-10-17/h3-14H,2,15H2,1H3,(H,24,25). The van der Waals surface area contributed by atoms with E-state index in [1.165, 1.54) is 0 Å². The second-order valence-corrected chi connectivity index (χ2v) is 6.27. The molecule has 0 aliphatic carbocycles. The number of anilines is 1. The average Bonchev–Trinajstić information content (AvgIpc) is 2.68. The number of amides is 1. The second kappa shape index (κ2) is 8.54. The highest BCUT2D eigenvalue weighted by atomic mass is 35.5. The van der Waals surface area contributed by atoms with E-state index in [9.17, 15) is 4.79 Å². The van der Waals surface area contributed by atoms with Crippen molar-refractivity contribution in [1.29, 1.82) is 0 Å². The van der Waals surface area contributed by atoms with Crippen molar-refractivity contribution < 1.29 is 9.53 Å². The van der Waals surface area contributed by atoms with Crippen molar-refractivity contribution in [3.05, 3.63) is 83.4 Å². The van der Waals surface area contributed by atoms with Gasteiger partial charge in [0.1, 0.15) is 5.75 Å². The van der Waals surface area contributed by atoms with Gasteiger partial charge in [-0.3, -0.25) is 4.79 Å². The molecule has 3 nitrogen and oxygen atoms in total. The van der Waals surface area contributed by atoms with Crippen LogP contribution in [0.5, 0.6) is 5.75 Å². The number of para-hydroxylation sites is 1. The van der Waals surface area contributed by atoms with E-state index < -0.39 is 0 Å². The van der Waals surface area contributed by atoms with Gasteiger partial charge in [0, 0.05) is 5.69 Å². The lowest BCUT2D eigenvalue weighted by Crippen LogP contribution is -2.21. The van der Waals surface area contributed by atoms with Gasteiger partial charge in [-0.25, -0.2) is 0 Å². The van der Waals surface area contributed by atoms with Crippen LogP contribution in [0.2, 0.25) is 5.02 Å². The van der Waals surface area contributed by atoms with Crippen molar-refractivity contribution in [3.8, 4) is 16.9 Å². The van der Waals surface area contributed by atoms with Crippen LogP contribution >= 0.6 is 11.6 Å². The molecule has 0 saturated carbocycles. The Morgan fingerprint density at radius 2 is 1.69 bits per heavy atom. The summed E-state index contributed by atoms with van der Waals surface area (Å²) in [6.45, 7) is 1.96. The Bertz CT molecular complexity index is 894. The quantitative estimate of drug-likeness (QED) is 0.618. The summed E-state index contributed by atoms with van der Waals surface area (Å²) in [5, 5.41) is 3.36. The van der Waals surface area contributed by atoms with Gasteiger partial charge in [-0.05, 0) is 41.3 Å².